The molecule has 18 heavy (non-hydrogen) atoms. The molecule has 98 valence electrons. The third kappa shape index (κ3) is 2.16. The number of hydrogen-bond donors (Lipinski definition) is 0. The van der Waals surface area contributed by atoms with E-state index in [2.05, 4.69) is 6.58 Å². The molecule has 1 aromatic heterocycles. The van der Waals surface area contributed by atoms with Crippen molar-refractivity contribution in [1.29, 1.82) is 0 Å². The molecule has 0 spiro atoms. The van der Waals surface area contributed by atoms with Crippen LogP contribution in [0.1, 0.15) is 32.1 Å². The molecular formula is C13H17NO4. The second kappa shape index (κ2) is 5.53. The Morgan fingerprint density at radius 1 is 1.11 bits per heavy atom. The van der Waals surface area contributed by atoms with Gasteiger partial charge in [0.25, 0.3) is 0 Å². The van der Waals surface area contributed by atoms with E-state index in [1.165, 1.54) is 14.2 Å². The summed E-state index contributed by atoms with van der Waals surface area (Å²) < 4.78 is 11.3. The first-order chi connectivity index (χ1) is 8.49. The molecule has 0 saturated heterocycles. The van der Waals surface area contributed by atoms with Crippen molar-refractivity contribution < 1.29 is 19.1 Å². The van der Waals surface area contributed by atoms with Crippen molar-refractivity contribution in [2.24, 2.45) is 0 Å². The summed E-state index contributed by atoms with van der Waals surface area (Å²) >= 11 is 0. The van der Waals surface area contributed by atoms with Crippen LogP contribution in [0, 0.1) is 13.8 Å². The smallest absolute Gasteiger partial charge is 0.340 e. The molecule has 0 amide bonds. The van der Waals surface area contributed by atoms with Crippen LogP contribution < -0.4 is 0 Å². The van der Waals surface area contributed by atoms with Crippen LogP contribution in [0.2, 0.25) is 0 Å². The van der Waals surface area contributed by atoms with Crippen molar-refractivity contribution in [3.05, 3.63) is 35.2 Å². The number of nitrogens with zero attached hydrogens (tertiary/aromatic N) is 1. The number of allylic oxidation sites excluding steroid dienone is 1. The van der Waals surface area contributed by atoms with Gasteiger partial charge in [-0.2, -0.15) is 0 Å². The standard InChI is InChI=1S/C13H17NO4/c1-6-7-14-8(2)10(12(15)17-4)11(9(14)3)13(16)18-5/h6H,1,7H2,2-5H3. The zero-order valence-corrected chi connectivity index (χ0v) is 11.1. The summed E-state index contributed by atoms with van der Waals surface area (Å²) in [5, 5.41) is 0. The van der Waals surface area contributed by atoms with E-state index in [1.54, 1.807) is 19.9 Å². The fraction of sp³-hybridized carbons (Fsp3) is 0.385. The minimum Gasteiger partial charge on any atom is -0.465 e. The Morgan fingerprint density at radius 3 is 1.78 bits per heavy atom. The van der Waals surface area contributed by atoms with E-state index >= 15 is 0 Å². The van der Waals surface area contributed by atoms with Crippen molar-refractivity contribution in [2.45, 2.75) is 20.4 Å². The molecule has 1 aromatic rings. The molecule has 0 aromatic carbocycles. The van der Waals surface area contributed by atoms with E-state index in [9.17, 15) is 9.59 Å². The first kappa shape index (κ1) is 14.0. The third-order valence-corrected chi connectivity index (χ3v) is 2.87. The molecule has 0 fully saturated rings. The van der Waals surface area contributed by atoms with Gasteiger partial charge in [0.2, 0.25) is 0 Å². The van der Waals surface area contributed by atoms with E-state index in [0.29, 0.717) is 17.9 Å². The number of esters is 2. The lowest BCUT2D eigenvalue weighted by Gasteiger charge is -2.05. The molecule has 0 bridgehead atoms. The van der Waals surface area contributed by atoms with Gasteiger partial charge in [-0.1, -0.05) is 6.08 Å². The first-order valence-electron chi connectivity index (χ1n) is 5.46. The molecule has 5 nitrogen and oxygen atoms in total. The van der Waals surface area contributed by atoms with Crippen molar-refractivity contribution in [3.8, 4) is 0 Å². The number of hydrogen-bond acceptors (Lipinski definition) is 4. The van der Waals surface area contributed by atoms with Crippen LogP contribution >= 0.6 is 0 Å². The van der Waals surface area contributed by atoms with Crippen LogP contribution in [-0.4, -0.2) is 30.7 Å². The maximum absolute atomic E-state index is 11.8. The molecule has 0 N–H and O–H groups in total. The van der Waals surface area contributed by atoms with Crippen molar-refractivity contribution in [3.63, 3.8) is 0 Å². The summed E-state index contributed by atoms with van der Waals surface area (Å²) in [5.74, 6) is -1.09. The number of carbonyl (C=O) groups is 2. The minimum absolute atomic E-state index is 0.253. The summed E-state index contributed by atoms with van der Waals surface area (Å²) in [7, 11) is 2.56. The van der Waals surface area contributed by atoms with Gasteiger partial charge < -0.3 is 14.0 Å². The Bertz CT molecular complexity index is 460. The highest BCUT2D eigenvalue weighted by atomic mass is 16.5. The molecule has 0 aliphatic rings. The molecule has 1 heterocycles. The van der Waals surface area contributed by atoms with Gasteiger partial charge in [-0.25, -0.2) is 9.59 Å². The van der Waals surface area contributed by atoms with Crippen molar-refractivity contribution in [2.75, 3.05) is 14.2 Å². The Labute approximate surface area is 106 Å². The largest absolute Gasteiger partial charge is 0.465 e. The highest BCUT2D eigenvalue weighted by molar-refractivity contribution is 6.05. The quantitative estimate of drug-likeness (QED) is 0.605. The molecule has 0 radical (unpaired) electrons. The second-order valence-corrected chi connectivity index (χ2v) is 3.80. The summed E-state index contributed by atoms with van der Waals surface area (Å²) in [4.78, 5) is 23.6. The van der Waals surface area contributed by atoms with Crippen LogP contribution in [0.5, 0.6) is 0 Å². The Hall–Kier alpha value is -2.04. The normalized spacial score (nSPS) is 10.0. The van der Waals surface area contributed by atoms with E-state index in [1.807, 2.05) is 4.57 Å². The average Bonchev–Trinajstić information content (AvgIpc) is 2.61. The van der Waals surface area contributed by atoms with Gasteiger partial charge in [0.05, 0.1) is 25.3 Å². The lowest BCUT2D eigenvalue weighted by molar-refractivity contribution is 0.0555. The lowest BCUT2D eigenvalue weighted by atomic mass is 10.1. The fourth-order valence-corrected chi connectivity index (χ4v) is 1.99. The molecule has 0 atom stereocenters. The van der Waals surface area contributed by atoms with E-state index in [4.69, 9.17) is 9.47 Å². The summed E-state index contributed by atoms with van der Waals surface area (Å²) in [6.45, 7) is 7.68. The van der Waals surface area contributed by atoms with Crippen LogP contribution in [-0.2, 0) is 16.0 Å². The van der Waals surface area contributed by atoms with Gasteiger partial charge in [0.15, 0.2) is 0 Å². The van der Waals surface area contributed by atoms with Gasteiger partial charge in [0, 0.05) is 17.9 Å². The zero-order chi connectivity index (χ0) is 13.9. The molecule has 5 heteroatoms. The number of carbonyl (C=O) groups excluding carboxylic acids is 2. The molecule has 0 saturated carbocycles. The summed E-state index contributed by atoms with van der Waals surface area (Å²) in [6, 6.07) is 0. The first-order valence-corrected chi connectivity index (χ1v) is 5.46. The van der Waals surface area contributed by atoms with Gasteiger partial charge in [-0.05, 0) is 13.8 Å². The monoisotopic (exact) mass is 251 g/mol. The Balaban J connectivity index is 3.55. The number of rotatable bonds is 4. The maximum Gasteiger partial charge on any atom is 0.340 e. The minimum atomic E-state index is -0.543. The predicted octanol–water partition coefficient (Wildman–Crippen LogP) is 1.86. The molecule has 0 unspecified atom stereocenters. The van der Waals surface area contributed by atoms with Crippen molar-refractivity contribution in [1.82, 2.24) is 4.57 Å². The van der Waals surface area contributed by atoms with Gasteiger partial charge in [-0.15, -0.1) is 6.58 Å². The third-order valence-electron chi connectivity index (χ3n) is 2.87. The number of ether oxygens (including phenoxy) is 2. The van der Waals surface area contributed by atoms with Gasteiger partial charge in [0.1, 0.15) is 0 Å². The van der Waals surface area contributed by atoms with Gasteiger partial charge >= 0.3 is 11.9 Å². The van der Waals surface area contributed by atoms with E-state index in [-0.39, 0.29) is 11.1 Å². The zero-order valence-electron chi connectivity index (χ0n) is 11.1. The van der Waals surface area contributed by atoms with Crippen LogP contribution in [0.25, 0.3) is 0 Å². The Morgan fingerprint density at radius 2 is 1.50 bits per heavy atom. The van der Waals surface area contributed by atoms with Crippen molar-refractivity contribution >= 4 is 11.9 Å². The topological polar surface area (TPSA) is 57.5 Å². The van der Waals surface area contributed by atoms with Crippen LogP contribution in [0.4, 0.5) is 0 Å². The maximum atomic E-state index is 11.8. The molecule has 0 aliphatic heterocycles. The second-order valence-electron chi connectivity index (χ2n) is 3.80. The highest BCUT2D eigenvalue weighted by Crippen LogP contribution is 2.24. The van der Waals surface area contributed by atoms with E-state index in [0.717, 1.165) is 0 Å². The van der Waals surface area contributed by atoms with E-state index < -0.39 is 11.9 Å². The SMILES string of the molecule is C=CCn1c(C)c(C(=O)OC)c(C(=O)OC)c1C. The number of aromatic nitrogens is 1. The Kier molecular flexibility index (Phi) is 4.31. The number of methoxy groups -OCH3 is 2. The molecule has 0 aliphatic carbocycles. The summed E-state index contributed by atoms with van der Waals surface area (Å²) in [5.41, 5.74) is 1.84. The fourth-order valence-electron chi connectivity index (χ4n) is 1.99. The lowest BCUT2D eigenvalue weighted by Crippen LogP contribution is -2.11. The predicted molar refractivity (Wildman–Crippen MR) is 66.8 cm³/mol. The molecular weight excluding hydrogens is 234 g/mol. The summed E-state index contributed by atoms with van der Waals surface area (Å²) in [6.07, 6.45) is 1.70. The van der Waals surface area contributed by atoms with Crippen LogP contribution in [0.3, 0.4) is 0 Å². The average molecular weight is 251 g/mol. The van der Waals surface area contributed by atoms with Crippen LogP contribution in [0.15, 0.2) is 12.7 Å². The molecule has 1 rings (SSSR count). The highest BCUT2D eigenvalue weighted by Gasteiger charge is 2.28. The van der Waals surface area contributed by atoms with Gasteiger partial charge in [-0.3, -0.25) is 0 Å².